The molecule has 3 N–H and O–H groups in total. The predicted octanol–water partition coefficient (Wildman–Crippen LogP) is 4.41. The maximum absolute atomic E-state index is 12.5. The van der Waals surface area contributed by atoms with E-state index in [1.165, 1.54) is 11.3 Å². The van der Waals surface area contributed by atoms with Crippen LogP contribution in [-0.2, 0) is 22.4 Å². The van der Waals surface area contributed by atoms with Gasteiger partial charge in [-0.1, -0.05) is 46.3 Å². The molecule has 1 amide bonds. The van der Waals surface area contributed by atoms with Crippen LogP contribution >= 0.6 is 27.3 Å². The SMILES string of the molecule is O=C(Cc1csc(-c2cccc(Br)c2)n1)N[C@@H](Cc1c[nH]c2ccccc12)C(=O)O. The van der Waals surface area contributed by atoms with Gasteiger partial charge in [-0.15, -0.1) is 11.3 Å². The van der Waals surface area contributed by atoms with Crippen molar-refractivity contribution in [3.05, 3.63) is 75.8 Å². The van der Waals surface area contributed by atoms with Gasteiger partial charge < -0.3 is 15.4 Å². The lowest BCUT2D eigenvalue weighted by Gasteiger charge is -2.14. The van der Waals surface area contributed by atoms with Gasteiger partial charge in [-0.05, 0) is 23.8 Å². The van der Waals surface area contributed by atoms with E-state index in [4.69, 9.17) is 0 Å². The van der Waals surface area contributed by atoms with Crippen LogP contribution in [0.3, 0.4) is 0 Å². The molecule has 0 bridgehead atoms. The molecule has 4 rings (SSSR count). The van der Waals surface area contributed by atoms with Crippen molar-refractivity contribution in [1.82, 2.24) is 15.3 Å². The number of H-pyrrole nitrogens is 1. The van der Waals surface area contributed by atoms with Crippen molar-refractivity contribution < 1.29 is 14.7 Å². The normalized spacial score (nSPS) is 12.0. The molecule has 2 aromatic heterocycles. The molecule has 0 unspecified atom stereocenters. The van der Waals surface area contributed by atoms with Gasteiger partial charge in [0, 0.05) is 38.9 Å². The number of carboxylic acids is 1. The monoisotopic (exact) mass is 483 g/mol. The third-order valence-corrected chi connectivity index (χ3v) is 6.13. The Labute approximate surface area is 185 Å². The summed E-state index contributed by atoms with van der Waals surface area (Å²) < 4.78 is 0.955. The molecule has 30 heavy (non-hydrogen) atoms. The number of carbonyl (C=O) groups is 2. The van der Waals surface area contributed by atoms with Crippen LogP contribution in [0.15, 0.2) is 64.6 Å². The number of nitrogens with one attached hydrogen (secondary N) is 2. The van der Waals surface area contributed by atoms with Crippen molar-refractivity contribution in [3.8, 4) is 10.6 Å². The van der Waals surface area contributed by atoms with Crippen molar-refractivity contribution >= 4 is 50.0 Å². The van der Waals surface area contributed by atoms with Crippen molar-refractivity contribution in [3.63, 3.8) is 0 Å². The summed E-state index contributed by atoms with van der Waals surface area (Å²) in [5.74, 6) is -1.44. The number of rotatable bonds is 7. The minimum atomic E-state index is -1.07. The Bertz CT molecular complexity index is 1220. The highest BCUT2D eigenvalue weighted by molar-refractivity contribution is 9.10. The Morgan fingerprint density at radius 1 is 1.20 bits per heavy atom. The Kier molecular flexibility index (Phi) is 5.96. The van der Waals surface area contributed by atoms with Gasteiger partial charge in [0.2, 0.25) is 5.91 Å². The van der Waals surface area contributed by atoms with Gasteiger partial charge in [-0.2, -0.15) is 0 Å². The van der Waals surface area contributed by atoms with Gasteiger partial charge in [0.25, 0.3) is 0 Å². The van der Waals surface area contributed by atoms with E-state index in [9.17, 15) is 14.7 Å². The minimum absolute atomic E-state index is 0.0299. The smallest absolute Gasteiger partial charge is 0.326 e. The van der Waals surface area contributed by atoms with E-state index >= 15 is 0 Å². The summed E-state index contributed by atoms with van der Waals surface area (Å²) in [5.41, 5.74) is 3.36. The molecular weight excluding hydrogens is 466 g/mol. The van der Waals surface area contributed by atoms with E-state index in [2.05, 4.69) is 31.2 Å². The van der Waals surface area contributed by atoms with Crippen LogP contribution in [-0.4, -0.2) is 33.0 Å². The second kappa shape index (κ2) is 8.81. The molecule has 0 radical (unpaired) electrons. The molecule has 6 nitrogen and oxygen atoms in total. The van der Waals surface area contributed by atoms with Crippen molar-refractivity contribution in [1.29, 1.82) is 0 Å². The molecule has 2 aromatic carbocycles. The number of hydrogen-bond donors (Lipinski definition) is 3. The third kappa shape index (κ3) is 4.60. The average molecular weight is 484 g/mol. The number of carboxylic acid groups (broad SMARTS) is 1. The summed E-state index contributed by atoms with van der Waals surface area (Å²) >= 11 is 4.89. The zero-order chi connectivity index (χ0) is 21.1. The second-order valence-corrected chi connectivity index (χ2v) is 8.63. The van der Waals surface area contributed by atoms with Crippen LogP contribution in [0.4, 0.5) is 0 Å². The van der Waals surface area contributed by atoms with E-state index in [-0.39, 0.29) is 18.7 Å². The molecule has 0 saturated carbocycles. The zero-order valence-corrected chi connectivity index (χ0v) is 18.2. The highest BCUT2D eigenvalue weighted by Crippen LogP contribution is 2.26. The molecule has 2 heterocycles. The van der Waals surface area contributed by atoms with E-state index in [0.717, 1.165) is 31.5 Å². The van der Waals surface area contributed by atoms with Crippen LogP contribution < -0.4 is 5.32 Å². The number of amides is 1. The van der Waals surface area contributed by atoms with E-state index < -0.39 is 12.0 Å². The van der Waals surface area contributed by atoms with Gasteiger partial charge >= 0.3 is 5.97 Å². The van der Waals surface area contributed by atoms with E-state index in [0.29, 0.717) is 5.69 Å². The highest BCUT2D eigenvalue weighted by Gasteiger charge is 2.22. The maximum Gasteiger partial charge on any atom is 0.326 e. The number of thiazole rings is 1. The van der Waals surface area contributed by atoms with Gasteiger partial charge in [0.1, 0.15) is 11.0 Å². The number of nitrogens with zero attached hydrogens (tertiary/aromatic N) is 1. The number of halogens is 1. The molecule has 0 aliphatic rings. The fourth-order valence-corrected chi connectivity index (χ4v) is 4.49. The lowest BCUT2D eigenvalue weighted by atomic mass is 10.0. The molecule has 8 heteroatoms. The van der Waals surface area contributed by atoms with Crippen molar-refractivity contribution in [2.24, 2.45) is 0 Å². The Morgan fingerprint density at radius 2 is 2.03 bits per heavy atom. The number of hydrogen-bond acceptors (Lipinski definition) is 4. The number of para-hydroxylation sites is 1. The molecule has 4 aromatic rings. The predicted molar refractivity (Wildman–Crippen MR) is 121 cm³/mol. The van der Waals surface area contributed by atoms with Crippen LogP contribution in [0.1, 0.15) is 11.3 Å². The number of carbonyl (C=O) groups excluding carboxylic acids is 1. The summed E-state index contributed by atoms with van der Waals surface area (Å²) in [6, 6.07) is 14.4. The lowest BCUT2D eigenvalue weighted by Crippen LogP contribution is -2.43. The summed E-state index contributed by atoms with van der Waals surface area (Å²) in [4.78, 5) is 31.9. The second-order valence-electron chi connectivity index (χ2n) is 6.85. The highest BCUT2D eigenvalue weighted by atomic mass is 79.9. The van der Waals surface area contributed by atoms with Crippen LogP contribution in [0, 0.1) is 0 Å². The molecule has 152 valence electrons. The number of fused-ring (bicyclic) bond motifs is 1. The molecular formula is C22H18BrN3O3S. The largest absolute Gasteiger partial charge is 0.480 e. The standard InChI is InChI=1S/C22H18BrN3O3S/c23-15-5-3-4-13(8-15)21-25-16(12-30-21)10-20(27)26-19(22(28)29)9-14-11-24-18-7-2-1-6-17(14)18/h1-8,11-12,19,24H,9-10H2,(H,26,27)(H,28,29)/t19-/m0/s1. The van der Waals surface area contributed by atoms with Crippen LogP contribution in [0.2, 0.25) is 0 Å². The van der Waals surface area contributed by atoms with E-state index in [1.54, 1.807) is 6.20 Å². The first kappa shape index (κ1) is 20.3. The van der Waals surface area contributed by atoms with Gasteiger partial charge in [-0.3, -0.25) is 4.79 Å². The topological polar surface area (TPSA) is 95.1 Å². The summed E-state index contributed by atoms with van der Waals surface area (Å²) in [6.07, 6.45) is 2.02. The third-order valence-electron chi connectivity index (χ3n) is 4.70. The number of benzene rings is 2. The maximum atomic E-state index is 12.5. The number of aromatic amines is 1. The lowest BCUT2D eigenvalue weighted by molar-refractivity contribution is -0.141. The fourth-order valence-electron chi connectivity index (χ4n) is 3.27. The van der Waals surface area contributed by atoms with Crippen LogP contribution in [0.25, 0.3) is 21.5 Å². The number of aromatic nitrogens is 2. The summed E-state index contributed by atoms with van der Waals surface area (Å²) in [5, 5.41) is 15.8. The fraction of sp³-hybridized carbons (Fsp3) is 0.136. The van der Waals surface area contributed by atoms with Gasteiger partial charge in [0.05, 0.1) is 12.1 Å². The average Bonchev–Trinajstić information content (AvgIpc) is 3.35. The van der Waals surface area contributed by atoms with Gasteiger partial charge in [0.15, 0.2) is 0 Å². The Morgan fingerprint density at radius 3 is 2.83 bits per heavy atom. The van der Waals surface area contributed by atoms with Crippen LogP contribution in [0.5, 0.6) is 0 Å². The molecule has 0 aliphatic heterocycles. The first-order valence-electron chi connectivity index (χ1n) is 9.27. The number of aliphatic carboxylic acids is 1. The van der Waals surface area contributed by atoms with Gasteiger partial charge in [-0.25, -0.2) is 9.78 Å². The summed E-state index contributed by atoms with van der Waals surface area (Å²) in [6.45, 7) is 0. The van der Waals surface area contributed by atoms with Crippen molar-refractivity contribution in [2.75, 3.05) is 0 Å². The first-order chi connectivity index (χ1) is 14.5. The molecule has 0 spiro atoms. The summed E-state index contributed by atoms with van der Waals surface area (Å²) in [7, 11) is 0. The minimum Gasteiger partial charge on any atom is -0.480 e. The zero-order valence-electron chi connectivity index (χ0n) is 15.8. The Hall–Kier alpha value is -2.97. The first-order valence-corrected chi connectivity index (χ1v) is 10.9. The Balaban J connectivity index is 1.43. The molecule has 1 atom stereocenters. The van der Waals surface area contributed by atoms with Crippen molar-refractivity contribution in [2.45, 2.75) is 18.9 Å². The quantitative estimate of drug-likeness (QED) is 0.362. The molecule has 0 aliphatic carbocycles. The molecule has 0 saturated heterocycles. The molecule has 0 fully saturated rings. The van der Waals surface area contributed by atoms with E-state index in [1.807, 2.05) is 53.9 Å².